The van der Waals surface area contributed by atoms with Gasteiger partial charge in [-0.25, -0.2) is 15.0 Å². The van der Waals surface area contributed by atoms with Crippen molar-refractivity contribution in [3.05, 3.63) is 176 Å². The van der Waals surface area contributed by atoms with Crippen LogP contribution in [0, 0.1) is 0 Å². The third-order valence-corrected chi connectivity index (χ3v) is 14.2. The molecule has 0 saturated carbocycles. The summed E-state index contributed by atoms with van der Waals surface area (Å²) < 4.78 is 6.08. The van der Waals surface area contributed by atoms with Crippen LogP contribution in [-0.4, -0.2) is 23.0 Å². The minimum absolute atomic E-state index is 0.626. The minimum Gasteiger partial charge on any atom is -0.436 e. The Bertz CT molecular complexity index is 2840. The molecule has 0 unspecified atom stereocenters. The molecule has 7 aromatic carbocycles. The summed E-state index contributed by atoms with van der Waals surface area (Å²) in [5.41, 5.74) is 14.9. The van der Waals surface area contributed by atoms with E-state index in [1.54, 1.807) is 0 Å². The van der Waals surface area contributed by atoms with Crippen molar-refractivity contribution in [3.63, 3.8) is 0 Å². The number of rotatable bonds is 6. The predicted molar refractivity (Wildman–Crippen MR) is 224 cm³/mol. The highest BCUT2D eigenvalue weighted by Crippen LogP contribution is 2.36. The van der Waals surface area contributed by atoms with Crippen LogP contribution in [0.4, 0.5) is 0 Å². The molecule has 256 valence electrons. The molecular weight excluding hydrogens is 675 g/mol. The molecule has 10 rings (SSSR count). The van der Waals surface area contributed by atoms with Gasteiger partial charge in [-0.2, -0.15) is 0 Å². The molecule has 0 amide bonds. The van der Waals surface area contributed by atoms with Crippen LogP contribution in [-0.2, 0) is 0 Å². The van der Waals surface area contributed by atoms with Crippen molar-refractivity contribution < 1.29 is 4.42 Å². The Balaban J connectivity index is 1.01. The molecule has 0 fully saturated rings. The Kier molecular flexibility index (Phi) is 7.56. The number of hydrogen-bond acceptors (Lipinski definition) is 4. The Morgan fingerprint density at radius 1 is 0.407 bits per heavy atom. The van der Waals surface area contributed by atoms with Crippen LogP contribution in [0.1, 0.15) is 0 Å². The maximum atomic E-state index is 6.08. The van der Waals surface area contributed by atoms with Crippen molar-refractivity contribution in [1.29, 1.82) is 0 Å². The second kappa shape index (κ2) is 12.8. The van der Waals surface area contributed by atoms with Crippen LogP contribution in [0.2, 0.25) is 13.1 Å². The fourth-order valence-corrected chi connectivity index (χ4v) is 11.2. The summed E-state index contributed by atoms with van der Waals surface area (Å²) in [5.74, 6) is 1.38. The molecule has 1 aliphatic rings. The molecule has 0 N–H and O–H groups in total. The van der Waals surface area contributed by atoms with Gasteiger partial charge in [0.15, 0.2) is 11.4 Å². The molecule has 9 aromatic rings. The fraction of sp³-hybridized carbons (Fsp3) is 0.0408. The lowest BCUT2D eigenvalue weighted by molar-refractivity contribution is 0.620. The second-order valence-corrected chi connectivity index (χ2v) is 18.8. The molecule has 1 aliphatic heterocycles. The molecule has 0 bridgehead atoms. The lowest BCUT2D eigenvalue weighted by atomic mass is 9.95. The van der Waals surface area contributed by atoms with Crippen LogP contribution in [0.5, 0.6) is 0 Å². The quantitative estimate of drug-likeness (QED) is 0.161. The second-order valence-electron chi connectivity index (χ2n) is 14.5. The van der Waals surface area contributed by atoms with E-state index in [9.17, 15) is 0 Å². The lowest BCUT2D eigenvalue weighted by Crippen LogP contribution is -2.50. The van der Waals surface area contributed by atoms with Gasteiger partial charge in [-0.3, -0.25) is 0 Å². The van der Waals surface area contributed by atoms with E-state index in [1.165, 1.54) is 15.9 Å². The number of fused-ring (bicyclic) bond motifs is 4. The van der Waals surface area contributed by atoms with Gasteiger partial charge in [0.2, 0.25) is 5.89 Å². The zero-order chi connectivity index (χ0) is 36.2. The summed E-state index contributed by atoms with van der Waals surface area (Å²) in [6, 6.07) is 61.8. The first-order valence-corrected chi connectivity index (χ1v) is 21.4. The van der Waals surface area contributed by atoms with E-state index in [-0.39, 0.29) is 0 Å². The monoisotopic (exact) mass is 709 g/mol. The summed E-state index contributed by atoms with van der Waals surface area (Å²) >= 11 is 0. The van der Waals surface area contributed by atoms with Crippen molar-refractivity contribution in [1.82, 2.24) is 15.0 Å². The Morgan fingerprint density at radius 2 is 0.889 bits per heavy atom. The molecule has 0 spiro atoms. The van der Waals surface area contributed by atoms with Crippen molar-refractivity contribution in [2.24, 2.45) is 0 Å². The molecule has 3 heterocycles. The SMILES string of the molecule is C[Si]1(C)c2ccccc2-c2nc(-c3cccc(-c4cccc(-c5cccc(-c6cccc(-c7nc8ccccc8o7)c6)c5)c4)c3)nc(-c3ccccc3)c21. The van der Waals surface area contributed by atoms with Crippen LogP contribution < -0.4 is 10.4 Å². The minimum atomic E-state index is -2.02. The van der Waals surface area contributed by atoms with Gasteiger partial charge in [0.1, 0.15) is 13.6 Å². The molecule has 2 aromatic heterocycles. The normalized spacial score (nSPS) is 12.8. The lowest BCUT2D eigenvalue weighted by Gasteiger charge is -2.21. The first kappa shape index (κ1) is 32.0. The number of para-hydroxylation sites is 2. The number of hydrogen-bond donors (Lipinski definition) is 0. The summed E-state index contributed by atoms with van der Waals surface area (Å²) in [6.07, 6.45) is 0. The van der Waals surface area contributed by atoms with E-state index in [0.29, 0.717) is 5.89 Å². The van der Waals surface area contributed by atoms with Crippen molar-refractivity contribution >= 4 is 29.5 Å². The number of oxazole rings is 1. The average Bonchev–Trinajstić information content (AvgIpc) is 3.78. The van der Waals surface area contributed by atoms with E-state index in [2.05, 4.69) is 159 Å². The van der Waals surface area contributed by atoms with E-state index in [1.807, 2.05) is 30.3 Å². The Hall–Kier alpha value is -6.69. The number of nitrogens with zero attached hydrogens (tertiary/aromatic N) is 3. The molecule has 0 radical (unpaired) electrons. The van der Waals surface area contributed by atoms with Gasteiger partial charge in [0.25, 0.3) is 0 Å². The van der Waals surface area contributed by atoms with Gasteiger partial charge in [0, 0.05) is 16.7 Å². The molecule has 4 nitrogen and oxygen atoms in total. The van der Waals surface area contributed by atoms with Crippen molar-refractivity contribution in [2.75, 3.05) is 0 Å². The van der Waals surface area contributed by atoms with E-state index in [0.717, 1.165) is 78.4 Å². The first-order chi connectivity index (χ1) is 26.5. The number of aromatic nitrogens is 3. The third kappa shape index (κ3) is 5.49. The Morgan fingerprint density at radius 3 is 1.54 bits per heavy atom. The van der Waals surface area contributed by atoms with Gasteiger partial charge in [-0.1, -0.05) is 147 Å². The van der Waals surface area contributed by atoms with Gasteiger partial charge < -0.3 is 4.42 Å². The largest absolute Gasteiger partial charge is 0.436 e. The molecule has 0 aliphatic carbocycles. The van der Waals surface area contributed by atoms with Crippen LogP contribution in [0.3, 0.4) is 0 Å². The maximum absolute atomic E-state index is 6.08. The highest BCUT2D eigenvalue weighted by molar-refractivity contribution is 7.04. The third-order valence-electron chi connectivity index (χ3n) is 10.7. The molecular formula is C49H35N3OSi. The van der Waals surface area contributed by atoms with Crippen LogP contribution >= 0.6 is 0 Å². The topological polar surface area (TPSA) is 51.8 Å². The smallest absolute Gasteiger partial charge is 0.227 e. The summed E-state index contributed by atoms with van der Waals surface area (Å²) in [5, 5.41) is 2.75. The van der Waals surface area contributed by atoms with Crippen LogP contribution in [0.15, 0.2) is 180 Å². The van der Waals surface area contributed by atoms with E-state index >= 15 is 0 Å². The van der Waals surface area contributed by atoms with Crippen LogP contribution in [0.25, 0.3) is 89.8 Å². The first-order valence-electron chi connectivity index (χ1n) is 18.4. The highest BCUT2D eigenvalue weighted by atomic mass is 28.3. The summed E-state index contributed by atoms with van der Waals surface area (Å²) in [7, 11) is -2.02. The van der Waals surface area contributed by atoms with Gasteiger partial charge >= 0.3 is 0 Å². The van der Waals surface area contributed by atoms with E-state index in [4.69, 9.17) is 19.4 Å². The standard InChI is InChI=1S/C49H35N3OSi/c1-54(2)44-27-9-6-24-41(44)46-47(54)45(32-14-4-3-5-15-32)51-48(52-46)39-22-12-20-37(30-39)35-18-10-16-33(28-35)34-17-11-19-36(29-34)38-21-13-23-40(31-38)49-50-42-25-7-8-26-43(42)53-49/h3-31H,1-2H3. The van der Waals surface area contributed by atoms with Gasteiger partial charge in [-0.05, 0) is 91.8 Å². The zero-order valence-corrected chi connectivity index (χ0v) is 31.0. The zero-order valence-electron chi connectivity index (χ0n) is 30.0. The molecule has 0 atom stereocenters. The van der Waals surface area contributed by atoms with Gasteiger partial charge in [0.05, 0.1) is 11.4 Å². The molecule has 0 saturated heterocycles. The maximum Gasteiger partial charge on any atom is 0.227 e. The fourth-order valence-electron chi connectivity index (χ4n) is 7.97. The van der Waals surface area contributed by atoms with Gasteiger partial charge in [-0.15, -0.1) is 0 Å². The predicted octanol–water partition coefficient (Wildman–Crippen LogP) is 11.4. The summed E-state index contributed by atoms with van der Waals surface area (Å²) in [6.45, 7) is 4.85. The summed E-state index contributed by atoms with van der Waals surface area (Å²) in [4.78, 5) is 15.4. The Labute approximate surface area is 315 Å². The van der Waals surface area contributed by atoms with Crippen molar-refractivity contribution in [2.45, 2.75) is 13.1 Å². The average molecular weight is 710 g/mol. The molecule has 5 heteroatoms. The highest BCUT2D eigenvalue weighted by Gasteiger charge is 2.41. The van der Waals surface area contributed by atoms with Crippen molar-refractivity contribution in [3.8, 4) is 78.7 Å². The molecule has 54 heavy (non-hydrogen) atoms. The number of benzene rings is 7. The van der Waals surface area contributed by atoms with E-state index < -0.39 is 8.07 Å².